The van der Waals surface area contributed by atoms with Crippen LogP contribution in [0, 0.1) is 0 Å². The zero-order valence-corrected chi connectivity index (χ0v) is 13.1. The van der Waals surface area contributed by atoms with E-state index in [0.717, 1.165) is 12.8 Å². The summed E-state index contributed by atoms with van der Waals surface area (Å²) in [5.41, 5.74) is 8.37. The lowest BCUT2D eigenvalue weighted by molar-refractivity contribution is -0.0223. The van der Waals surface area contributed by atoms with E-state index in [-0.39, 0.29) is 17.2 Å². The zero-order valence-electron chi connectivity index (χ0n) is 12.1. The summed E-state index contributed by atoms with van der Waals surface area (Å²) >= 11 is 0. The summed E-state index contributed by atoms with van der Waals surface area (Å²) in [4.78, 5) is 2.82. The first-order valence-electron chi connectivity index (χ1n) is 6.56. The maximum atomic E-state index is 8.37. The van der Waals surface area contributed by atoms with Crippen molar-refractivity contribution in [3.63, 3.8) is 0 Å². The highest BCUT2D eigenvalue weighted by Crippen LogP contribution is 2.36. The Balaban J connectivity index is 2.36. The van der Waals surface area contributed by atoms with Gasteiger partial charge in [-0.2, -0.15) is 0 Å². The van der Waals surface area contributed by atoms with E-state index < -0.39 is 8.32 Å². The Morgan fingerprint density at radius 1 is 1.39 bits per heavy atom. The van der Waals surface area contributed by atoms with Crippen LogP contribution in [0.25, 0.3) is 10.4 Å². The first-order valence-corrected chi connectivity index (χ1v) is 9.47. The average Bonchev–Trinajstić information content (AvgIpc) is 2.27. The molecule has 0 aromatic rings. The Labute approximate surface area is 111 Å². The lowest BCUT2D eigenvalue weighted by Crippen LogP contribution is -2.44. The van der Waals surface area contributed by atoms with Crippen molar-refractivity contribution in [2.24, 2.45) is 5.11 Å². The smallest absolute Gasteiger partial charge is 0.192 e. The van der Waals surface area contributed by atoms with Crippen molar-refractivity contribution in [3.05, 3.63) is 10.4 Å². The van der Waals surface area contributed by atoms with Gasteiger partial charge in [0, 0.05) is 4.91 Å². The minimum Gasteiger partial charge on any atom is -0.414 e. The molecule has 0 spiro atoms. The number of rotatable bonds is 4. The number of hydrogen-bond acceptors (Lipinski definition) is 3. The topological polar surface area (TPSA) is 67.2 Å². The van der Waals surface area contributed by atoms with E-state index in [1.807, 2.05) is 0 Å². The molecule has 1 saturated heterocycles. The third kappa shape index (κ3) is 4.28. The van der Waals surface area contributed by atoms with Crippen molar-refractivity contribution < 1.29 is 9.16 Å². The quantitative estimate of drug-likeness (QED) is 0.337. The van der Waals surface area contributed by atoms with Crippen LogP contribution in [-0.2, 0) is 9.16 Å². The Morgan fingerprint density at radius 3 is 2.50 bits per heavy atom. The van der Waals surface area contributed by atoms with Crippen LogP contribution in [-0.4, -0.2) is 33.7 Å². The van der Waals surface area contributed by atoms with E-state index >= 15 is 0 Å². The van der Waals surface area contributed by atoms with Gasteiger partial charge in [0.25, 0.3) is 0 Å². The Hall–Kier alpha value is -0.553. The van der Waals surface area contributed by atoms with E-state index in [1.54, 1.807) is 0 Å². The van der Waals surface area contributed by atoms with E-state index in [1.165, 1.54) is 0 Å². The molecule has 0 N–H and O–H groups in total. The summed E-state index contributed by atoms with van der Waals surface area (Å²) in [5, 5.41) is 3.92. The van der Waals surface area contributed by atoms with E-state index in [9.17, 15) is 0 Å². The van der Waals surface area contributed by atoms with Gasteiger partial charge in [-0.05, 0) is 36.5 Å². The third-order valence-corrected chi connectivity index (χ3v) is 8.50. The molecule has 6 heteroatoms. The van der Waals surface area contributed by atoms with Gasteiger partial charge < -0.3 is 9.16 Å². The largest absolute Gasteiger partial charge is 0.414 e. The van der Waals surface area contributed by atoms with Crippen molar-refractivity contribution in [2.75, 3.05) is 13.2 Å². The summed E-state index contributed by atoms with van der Waals surface area (Å²) < 4.78 is 11.8. The first-order chi connectivity index (χ1) is 8.26. The fourth-order valence-electron chi connectivity index (χ4n) is 1.61. The molecule has 0 aromatic heterocycles. The maximum Gasteiger partial charge on any atom is 0.192 e. The van der Waals surface area contributed by atoms with Crippen molar-refractivity contribution in [3.8, 4) is 0 Å². The molecule has 0 bridgehead atoms. The van der Waals surface area contributed by atoms with Gasteiger partial charge >= 0.3 is 0 Å². The molecule has 0 saturated carbocycles. The highest BCUT2D eigenvalue weighted by atomic mass is 28.4. The molecule has 1 rings (SSSR count). The molecule has 2 atom stereocenters. The first kappa shape index (κ1) is 15.5. The second kappa shape index (κ2) is 6.06. The minimum absolute atomic E-state index is 0.000814. The molecule has 104 valence electrons. The number of ether oxygens (including phenoxy) is 1. The summed E-state index contributed by atoms with van der Waals surface area (Å²) in [5.74, 6) is 0. The summed E-state index contributed by atoms with van der Waals surface area (Å²) in [6.07, 6.45) is 1.97. The standard InChI is InChI=1S/C12H25N3O2Si/c1-12(2,3)18(4,5)17-9-11-7-6-10(8-16-11)14-15-13/h10-11H,6-9H2,1-5H3/t10-,11+/m1/s1. The van der Waals surface area contributed by atoms with E-state index in [0.29, 0.717) is 13.2 Å². The molecule has 1 heterocycles. The van der Waals surface area contributed by atoms with Crippen LogP contribution in [0.15, 0.2) is 5.11 Å². The second-order valence-corrected chi connectivity index (χ2v) is 11.3. The van der Waals surface area contributed by atoms with E-state index in [4.69, 9.17) is 14.7 Å². The van der Waals surface area contributed by atoms with Gasteiger partial charge in [-0.15, -0.1) is 0 Å². The van der Waals surface area contributed by atoms with Crippen LogP contribution >= 0.6 is 0 Å². The Kier molecular flexibility index (Phi) is 5.22. The van der Waals surface area contributed by atoms with Gasteiger partial charge in [0.2, 0.25) is 0 Å². The molecule has 0 aliphatic carbocycles. The monoisotopic (exact) mass is 271 g/mol. The molecule has 0 radical (unpaired) electrons. The van der Waals surface area contributed by atoms with Gasteiger partial charge in [-0.25, -0.2) is 0 Å². The molecular weight excluding hydrogens is 246 g/mol. The lowest BCUT2D eigenvalue weighted by Gasteiger charge is -2.38. The summed E-state index contributed by atoms with van der Waals surface area (Å²) in [6.45, 7) is 12.4. The van der Waals surface area contributed by atoms with Crippen LogP contribution < -0.4 is 0 Å². The number of nitrogens with zero attached hydrogens (tertiary/aromatic N) is 3. The van der Waals surface area contributed by atoms with Gasteiger partial charge in [0.15, 0.2) is 8.32 Å². The highest BCUT2D eigenvalue weighted by molar-refractivity contribution is 6.74. The molecule has 5 nitrogen and oxygen atoms in total. The molecule has 1 fully saturated rings. The summed E-state index contributed by atoms with van der Waals surface area (Å²) in [7, 11) is -1.68. The van der Waals surface area contributed by atoms with Gasteiger partial charge in [-0.3, -0.25) is 0 Å². The Morgan fingerprint density at radius 2 is 2.06 bits per heavy atom. The van der Waals surface area contributed by atoms with Crippen molar-refractivity contribution in [1.82, 2.24) is 0 Å². The molecule has 18 heavy (non-hydrogen) atoms. The minimum atomic E-state index is -1.68. The van der Waals surface area contributed by atoms with Crippen molar-refractivity contribution in [2.45, 2.75) is 63.9 Å². The Bertz CT molecular complexity index is 314. The molecule has 1 aliphatic heterocycles. The summed E-state index contributed by atoms with van der Waals surface area (Å²) in [6, 6.07) is -0.000814. The van der Waals surface area contributed by atoms with E-state index in [2.05, 4.69) is 43.9 Å². The molecule has 0 unspecified atom stereocenters. The molecule has 0 aromatic carbocycles. The normalized spacial score (nSPS) is 25.6. The third-order valence-electron chi connectivity index (χ3n) is 4.00. The van der Waals surface area contributed by atoms with Crippen molar-refractivity contribution in [1.29, 1.82) is 0 Å². The fourth-order valence-corrected chi connectivity index (χ4v) is 2.64. The zero-order chi connectivity index (χ0) is 13.8. The number of azide groups is 1. The molecule has 0 amide bonds. The van der Waals surface area contributed by atoms with Crippen LogP contribution in [0.5, 0.6) is 0 Å². The van der Waals surface area contributed by atoms with Gasteiger partial charge in [0.05, 0.1) is 25.4 Å². The fraction of sp³-hybridized carbons (Fsp3) is 1.00. The molecule has 1 aliphatic rings. The SMILES string of the molecule is CC(C)(C)[Si](C)(C)OC[C@@H]1CC[C@@H](N=[N+]=[N-])CO1. The number of hydrogen-bond donors (Lipinski definition) is 0. The van der Waals surface area contributed by atoms with Crippen LogP contribution in [0.1, 0.15) is 33.6 Å². The van der Waals surface area contributed by atoms with Gasteiger partial charge in [-0.1, -0.05) is 25.9 Å². The van der Waals surface area contributed by atoms with Gasteiger partial charge in [0.1, 0.15) is 0 Å². The maximum absolute atomic E-state index is 8.37. The molecular formula is C12H25N3O2Si. The lowest BCUT2D eigenvalue weighted by atomic mass is 10.1. The van der Waals surface area contributed by atoms with Crippen molar-refractivity contribution >= 4 is 8.32 Å². The van der Waals surface area contributed by atoms with Crippen LogP contribution in [0.4, 0.5) is 0 Å². The predicted octanol–water partition coefficient (Wildman–Crippen LogP) is 3.87. The van der Waals surface area contributed by atoms with Crippen LogP contribution in [0.2, 0.25) is 18.1 Å². The second-order valence-electron chi connectivity index (χ2n) is 6.46. The highest BCUT2D eigenvalue weighted by Gasteiger charge is 2.38. The van der Waals surface area contributed by atoms with Crippen LogP contribution in [0.3, 0.4) is 0 Å². The average molecular weight is 271 g/mol. The predicted molar refractivity (Wildman–Crippen MR) is 75.1 cm³/mol.